The second-order valence-corrected chi connectivity index (χ2v) is 6.27. The van der Waals surface area contributed by atoms with E-state index in [-0.39, 0.29) is 11.9 Å². The molecular weight excluding hydrogens is 300 g/mol. The number of nitrogens with one attached hydrogen (secondary N) is 2. The Morgan fingerprint density at radius 1 is 1.04 bits per heavy atom. The molecule has 4 heteroatoms. The van der Waals surface area contributed by atoms with Crippen molar-refractivity contribution in [2.24, 2.45) is 0 Å². The van der Waals surface area contributed by atoms with Crippen LogP contribution in [0.5, 0.6) is 5.75 Å². The summed E-state index contributed by atoms with van der Waals surface area (Å²) in [7, 11) is 0. The summed E-state index contributed by atoms with van der Waals surface area (Å²) < 4.78 is 6.01. The molecule has 2 aromatic rings. The zero-order chi connectivity index (χ0) is 16.8. The lowest BCUT2D eigenvalue weighted by Gasteiger charge is -2.17. The van der Waals surface area contributed by atoms with Crippen LogP contribution < -0.4 is 15.4 Å². The van der Waals surface area contributed by atoms with Gasteiger partial charge in [-0.3, -0.25) is 4.79 Å². The van der Waals surface area contributed by atoms with Crippen molar-refractivity contribution in [2.75, 3.05) is 10.6 Å². The van der Waals surface area contributed by atoms with E-state index in [4.69, 9.17) is 4.74 Å². The van der Waals surface area contributed by atoms with E-state index in [1.807, 2.05) is 61.5 Å². The first kappa shape index (κ1) is 16.4. The van der Waals surface area contributed by atoms with Crippen molar-refractivity contribution < 1.29 is 9.53 Å². The van der Waals surface area contributed by atoms with Crippen LogP contribution in [-0.2, 0) is 4.79 Å². The highest BCUT2D eigenvalue weighted by Crippen LogP contribution is 2.26. The topological polar surface area (TPSA) is 50.4 Å². The monoisotopic (exact) mass is 324 g/mol. The highest BCUT2D eigenvalue weighted by atomic mass is 16.5. The molecule has 0 aromatic heterocycles. The molecule has 4 nitrogen and oxygen atoms in total. The van der Waals surface area contributed by atoms with E-state index in [2.05, 4.69) is 10.6 Å². The van der Waals surface area contributed by atoms with Crippen LogP contribution in [0.4, 0.5) is 11.4 Å². The number of hydrogen-bond acceptors (Lipinski definition) is 3. The summed E-state index contributed by atoms with van der Waals surface area (Å²) in [4.78, 5) is 12.3. The van der Waals surface area contributed by atoms with Crippen molar-refractivity contribution in [2.45, 2.75) is 44.8 Å². The molecule has 126 valence electrons. The van der Waals surface area contributed by atoms with Crippen LogP contribution in [-0.4, -0.2) is 18.1 Å². The summed E-state index contributed by atoms with van der Waals surface area (Å²) in [5.74, 6) is 0.797. The van der Waals surface area contributed by atoms with Crippen LogP contribution in [0.15, 0.2) is 54.6 Å². The Kier molecular flexibility index (Phi) is 5.36. The molecular formula is C20H24N2O2. The van der Waals surface area contributed by atoms with E-state index in [1.54, 1.807) is 0 Å². The number of hydrogen-bond donors (Lipinski definition) is 2. The summed E-state index contributed by atoms with van der Waals surface area (Å²) in [6.07, 6.45) is 5.10. The van der Waals surface area contributed by atoms with Gasteiger partial charge in [-0.1, -0.05) is 24.3 Å². The zero-order valence-corrected chi connectivity index (χ0v) is 14.0. The van der Waals surface area contributed by atoms with Gasteiger partial charge in [-0.2, -0.15) is 0 Å². The lowest BCUT2D eigenvalue weighted by molar-refractivity contribution is -0.116. The number of para-hydroxylation sites is 1. The first-order valence-electron chi connectivity index (χ1n) is 8.60. The van der Waals surface area contributed by atoms with Gasteiger partial charge in [0.2, 0.25) is 5.91 Å². The molecule has 1 aliphatic carbocycles. The fourth-order valence-corrected chi connectivity index (χ4v) is 2.95. The minimum absolute atomic E-state index is 0.0664. The molecule has 0 aliphatic heterocycles. The largest absolute Gasteiger partial charge is 0.490 e. The number of benzene rings is 2. The predicted octanol–water partition coefficient (Wildman–Crippen LogP) is 4.45. The number of ether oxygens (including phenoxy) is 1. The number of amides is 1. The quantitative estimate of drug-likeness (QED) is 0.825. The Hall–Kier alpha value is -2.49. The van der Waals surface area contributed by atoms with Gasteiger partial charge in [-0.15, -0.1) is 0 Å². The number of rotatable bonds is 6. The third kappa shape index (κ3) is 4.51. The molecule has 1 amide bonds. The average Bonchev–Trinajstić information content (AvgIpc) is 3.09. The van der Waals surface area contributed by atoms with Gasteiger partial charge >= 0.3 is 0 Å². The molecule has 1 saturated carbocycles. The predicted molar refractivity (Wildman–Crippen MR) is 97.5 cm³/mol. The average molecular weight is 324 g/mol. The second-order valence-electron chi connectivity index (χ2n) is 6.27. The van der Waals surface area contributed by atoms with Crippen molar-refractivity contribution in [3.05, 3.63) is 54.6 Å². The summed E-state index contributed by atoms with van der Waals surface area (Å²) in [6, 6.07) is 17.0. The molecule has 2 aromatic carbocycles. The zero-order valence-electron chi connectivity index (χ0n) is 14.0. The number of carbonyl (C=O) groups excluding carboxylic acids is 1. The summed E-state index contributed by atoms with van der Waals surface area (Å²) >= 11 is 0. The Labute approximate surface area is 143 Å². The van der Waals surface area contributed by atoms with Crippen molar-refractivity contribution >= 4 is 17.3 Å². The minimum atomic E-state index is -0.341. The van der Waals surface area contributed by atoms with Gasteiger partial charge < -0.3 is 15.4 Å². The van der Waals surface area contributed by atoms with Crippen LogP contribution >= 0.6 is 0 Å². The fourth-order valence-electron chi connectivity index (χ4n) is 2.95. The van der Waals surface area contributed by atoms with E-state index in [0.29, 0.717) is 6.10 Å². The highest BCUT2D eigenvalue weighted by molar-refractivity contribution is 5.96. The first-order chi connectivity index (χ1) is 11.7. The molecule has 0 radical (unpaired) electrons. The van der Waals surface area contributed by atoms with Crippen LogP contribution in [0.1, 0.15) is 32.6 Å². The van der Waals surface area contributed by atoms with Crippen molar-refractivity contribution in [1.29, 1.82) is 0 Å². The smallest absolute Gasteiger partial charge is 0.246 e. The number of anilines is 2. The molecule has 0 spiro atoms. The van der Waals surface area contributed by atoms with E-state index in [1.165, 1.54) is 12.8 Å². The fraction of sp³-hybridized carbons (Fsp3) is 0.350. The molecule has 0 bridgehead atoms. The standard InChI is InChI=1S/C20H24N2O2/c1-15(20(23)22-16-8-3-2-4-9-16)21-17-10-7-13-19(14-17)24-18-11-5-6-12-18/h2-4,7-10,13-15,18,21H,5-6,11-12H2,1H3,(H,22,23)/t15-/m0/s1. The molecule has 1 atom stereocenters. The second kappa shape index (κ2) is 7.86. The highest BCUT2D eigenvalue weighted by Gasteiger charge is 2.17. The Morgan fingerprint density at radius 2 is 1.75 bits per heavy atom. The maximum Gasteiger partial charge on any atom is 0.246 e. The third-order valence-corrected chi connectivity index (χ3v) is 4.26. The van der Waals surface area contributed by atoms with Crippen molar-refractivity contribution in [3.63, 3.8) is 0 Å². The molecule has 0 heterocycles. The Bertz CT molecular complexity index is 666. The molecule has 3 rings (SSSR count). The number of carbonyl (C=O) groups is 1. The van der Waals surface area contributed by atoms with Crippen LogP contribution in [0.2, 0.25) is 0 Å². The summed E-state index contributed by atoms with van der Waals surface area (Å²) in [5.41, 5.74) is 1.69. The summed E-state index contributed by atoms with van der Waals surface area (Å²) in [6.45, 7) is 1.85. The van der Waals surface area contributed by atoms with Crippen molar-refractivity contribution in [3.8, 4) is 5.75 Å². The van der Waals surface area contributed by atoms with Gasteiger partial charge in [0, 0.05) is 17.4 Å². The maximum atomic E-state index is 12.3. The van der Waals surface area contributed by atoms with Gasteiger partial charge in [-0.25, -0.2) is 0 Å². The Balaban J connectivity index is 1.57. The van der Waals surface area contributed by atoms with E-state index in [0.717, 1.165) is 30.0 Å². The molecule has 24 heavy (non-hydrogen) atoms. The molecule has 1 fully saturated rings. The van der Waals surface area contributed by atoms with Crippen LogP contribution in [0.25, 0.3) is 0 Å². The van der Waals surface area contributed by atoms with Gasteiger partial charge in [0.25, 0.3) is 0 Å². The van der Waals surface area contributed by atoms with Gasteiger partial charge in [-0.05, 0) is 56.9 Å². The minimum Gasteiger partial charge on any atom is -0.490 e. The van der Waals surface area contributed by atoms with Gasteiger partial charge in [0.15, 0.2) is 0 Å². The normalized spacial score (nSPS) is 15.7. The Morgan fingerprint density at radius 3 is 2.50 bits per heavy atom. The lowest BCUT2D eigenvalue weighted by Crippen LogP contribution is -2.31. The third-order valence-electron chi connectivity index (χ3n) is 4.26. The molecule has 0 saturated heterocycles. The molecule has 0 unspecified atom stereocenters. The van der Waals surface area contributed by atoms with Crippen LogP contribution in [0, 0.1) is 0 Å². The van der Waals surface area contributed by atoms with Gasteiger partial charge in [0.1, 0.15) is 11.8 Å². The van der Waals surface area contributed by atoms with E-state index < -0.39 is 0 Å². The van der Waals surface area contributed by atoms with Crippen molar-refractivity contribution in [1.82, 2.24) is 0 Å². The lowest BCUT2D eigenvalue weighted by atomic mass is 10.2. The first-order valence-corrected chi connectivity index (χ1v) is 8.60. The van der Waals surface area contributed by atoms with Gasteiger partial charge in [0.05, 0.1) is 6.10 Å². The van der Waals surface area contributed by atoms with Crippen LogP contribution in [0.3, 0.4) is 0 Å². The summed E-state index contributed by atoms with van der Waals surface area (Å²) in [5, 5.41) is 6.14. The SMILES string of the molecule is C[C@H](Nc1cccc(OC2CCCC2)c1)C(=O)Nc1ccccc1. The maximum absolute atomic E-state index is 12.3. The molecule has 1 aliphatic rings. The molecule has 2 N–H and O–H groups in total. The van der Waals surface area contributed by atoms with E-state index >= 15 is 0 Å². The van der Waals surface area contributed by atoms with E-state index in [9.17, 15) is 4.79 Å².